The first-order chi connectivity index (χ1) is 9.70. The molecule has 0 amide bonds. The molecular weight excluding hydrogens is 270 g/mol. The van der Waals surface area contributed by atoms with E-state index >= 15 is 0 Å². The van der Waals surface area contributed by atoms with Gasteiger partial charge in [0.2, 0.25) is 0 Å². The van der Waals surface area contributed by atoms with Gasteiger partial charge in [-0.15, -0.1) is 0 Å². The van der Waals surface area contributed by atoms with E-state index in [1.54, 1.807) is 7.11 Å². The number of unbranched alkanes of at least 4 members (excludes halogenated alkanes) is 1. The minimum absolute atomic E-state index is 0.840. The molecule has 1 saturated heterocycles. The molecule has 1 heterocycles. The van der Waals surface area contributed by atoms with Crippen molar-refractivity contribution in [2.75, 3.05) is 60.0 Å². The summed E-state index contributed by atoms with van der Waals surface area (Å²) < 4.78 is 11.8. The summed E-state index contributed by atoms with van der Waals surface area (Å²) in [6.07, 6.45) is 3.50. The van der Waals surface area contributed by atoms with Crippen molar-refractivity contribution in [2.24, 2.45) is 0 Å². The van der Waals surface area contributed by atoms with Gasteiger partial charge in [-0.3, -0.25) is 0 Å². The Morgan fingerprint density at radius 1 is 1.20 bits per heavy atom. The topological polar surface area (TPSA) is 45.8 Å². The van der Waals surface area contributed by atoms with Crippen molar-refractivity contribution in [1.82, 2.24) is 15.5 Å². The lowest BCUT2D eigenvalue weighted by molar-refractivity contribution is 0.176. The second-order valence-electron chi connectivity index (χ2n) is 5.69. The van der Waals surface area contributed by atoms with Gasteiger partial charge in [0.15, 0.2) is 0 Å². The lowest BCUT2D eigenvalue weighted by atomic mass is 10.3. The van der Waals surface area contributed by atoms with Crippen LogP contribution in [0.15, 0.2) is 0 Å². The summed E-state index contributed by atoms with van der Waals surface area (Å²) in [5.41, 5.74) is 0. The molecule has 2 N–H and O–H groups in total. The van der Waals surface area contributed by atoms with Crippen LogP contribution in [0.25, 0.3) is 0 Å². The first-order valence-corrected chi connectivity index (χ1v) is 10.5. The molecule has 0 saturated carbocycles. The van der Waals surface area contributed by atoms with E-state index in [0.29, 0.717) is 0 Å². The van der Waals surface area contributed by atoms with E-state index in [-0.39, 0.29) is 0 Å². The Balaban J connectivity index is 2.09. The zero-order valence-electron chi connectivity index (χ0n) is 13.5. The predicted molar refractivity (Wildman–Crippen MR) is 86.5 cm³/mol. The Morgan fingerprint density at radius 2 is 1.95 bits per heavy atom. The van der Waals surface area contributed by atoms with Crippen molar-refractivity contribution in [3.05, 3.63) is 0 Å². The lowest BCUT2D eigenvalue weighted by Crippen LogP contribution is -2.44. The summed E-state index contributed by atoms with van der Waals surface area (Å²) in [4.78, 5) is 2.51. The summed E-state index contributed by atoms with van der Waals surface area (Å²) in [6, 6.07) is 1.10. The summed E-state index contributed by atoms with van der Waals surface area (Å²) in [6.45, 7) is 9.84. The summed E-state index contributed by atoms with van der Waals surface area (Å²) in [7, 11) is 1.89. The Hall–Kier alpha value is 0.0169. The van der Waals surface area contributed by atoms with E-state index in [1.807, 2.05) is 7.05 Å². The van der Waals surface area contributed by atoms with Crippen molar-refractivity contribution in [2.45, 2.75) is 31.9 Å². The normalized spacial score (nSPS) is 19.9. The van der Waals surface area contributed by atoms with Gasteiger partial charge in [-0.1, -0.05) is 6.42 Å². The van der Waals surface area contributed by atoms with Crippen molar-refractivity contribution in [3.8, 4) is 0 Å². The van der Waals surface area contributed by atoms with Crippen LogP contribution in [0.3, 0.4) is 0 Å². The zero-order valence-corrected chi connectivity index (χ0v) is 14.5. The molecule has 1 aliphatic heterocycles. The van der Waals surface area contributed by atoms with Gasteiger partial charge in [-0.05, 0) is 39.0 Å². The predicted octanol–water partition coefficient (Wildman–Crippen LogP) is 1.02. The first kappa shape index (κ1) is 18.1. The third-order valence-corrected chi connectivity index (χ3v) is 6.92. The van der Waals surface area contributed by atoms with Crippen LogP contribution >= 0.6 is 0 Å². The molecule has 1 atom stereocenters. The van der Waals surface area contributed by atoms with Gasteiger partial charge in [0.05, 0.1) is 0 Å². The average Bonchev–Trinajstić information content (AvgIpc) is 2.49. The van der Waals surface area contributed by atoms with Gasteiger partial charge in [-0.2, -0.15) is 0 Å². The molecule has 1 unspecified atom stereocenters. The zero-order chi connectivity index (χ0) is 14.7. The Labute approximate surface area is 125 Å². The van der Waals surface area contributed by atoms with Gasteiger partial charge < -0.3 is 24.4 Å². The minimum atomic E-state index is -1.92. The Kier molecular flexibility index (Phi) is 9.67. The summed E-state index contributed by atoms with van der Waals surface area (Å²) in [5.74, 6) is 0. The Morgan fingerprint density at radius 3 is 2.60 bits per heavy atom. The molecule has 6 heteroatoms. The molecule has 5 nitrogen and oxygen atoms in total. The third kappa shape index (κ3) is 7.71. The number of hydrogen-bond acceptors (Lipinski definition) is 5. The van der Waals surface area contributed by atoms with Crippen LogP contribution in [0, 0.1) is 0 Å². The second-order valence-corrected chi connectivity index (χ2v) is 9.16. The fourth-order valence-electron chi connectivity index (χ4n) is 2.49. The van der Waals surface area contributed by atoms with Crippen LogP contribution in [0.5, 0.6) is 0 Å². The number of nitrogens with one attached hydrogen (secondary N) is 2. The average molecular weight is 304 g/mol. The standard InChI is InChI=1S/C14H33N3O2Si/c1-15-7-4-5-14-20(3,18-2)19-13-6-10-17-11-8-16-9-12-17/h15-16H,4-14H2,1-3H3. The summed E-state index contributed by atoms with van der Waals surface area (Å²) >= 11 is 0. The SMILES string of the molecule is CNCCCC[Si](C)(OC)OCCCN1CCNCC1. The molecule has 0 aliphatic carbocycles. The number of hydrogen-bond donors (Lipinski definition) is 2. The monoisotopic (exact) mass is 303 g/mol. The first-order valence-electron chi connectivity index (χ1n) is 7.97. The van der Waals surface area contributed by atoms with Crippen molar-refractivity contribution in [1.29, 1.82) is 0 Å². The van der Waals surface area contributed by atoms with Gasteiger partial charge >= 0.3 is 8.56 Å². The minimum Gasteiger partial charge on any atom is -0.398 e. The van der Waals surface area contributed by atoms with E-state index in [1.165, 1.54) is 25.9 Å². The highest BCUT2D eigenvalue weighted by molar-refractivity contribution is 6.65. The van der Waals surface area contributed by atoms with Crippen molar-refractivity contribution >= 4 is 8.56 Å². The van der Waals surface area contributed by atoms with Gasteiger partial charge in [0, 0.05) is 46.4 Å². The molecule has 0 bridgehead atoms. The van der Waals surface area contributed by atoms with Gasteiger partial charge in [0.1, 0.15) is 0 Å². The maximum absolute atomic E-state index is 6.10. The highest BCUT2D eigenvalue weighted by atomic mass is 28.4. The van der Waals surface area contributed by atoms with Crippen LogP contribution in [0.2, 0.25) is 12.6 Å². The second kappa shape index (κ2) is 10.7. The summed E-state index contributed by atoms with van der Waals surface area (Å²) in [5, 5.41) is 6.56. The molecule has 1 fully saturated rings. The van der Waals surface area contributed by atoms with E-state index < -0.39 is 8.56 Å². The van der Waals surface area contributed by atoms with Gasteiger partial charge in [0.25, 0.3) is 0 Å². The molecule has 1 rings (SSSR count). The van der Waals surface area contributed by atoms with Crippen LogP contribution in [0.4, 0.5) is 0 Å². The van der Waals surface area contributed by atoms with E-state index in [2.05, 4.69) is 22.1 Å². The largest absolute Gasteiger partial charge is 0.398 e. The lowest BCUT2D eigenvalue weighted by Gasteiger charge is -2.28. The fourth-order valence-corrected chi connectivity index (χ4v) is 4.43. The molecule has 0 radical (unpaired) electrons. The maximum atomic E-state index is 6.10. The third-order valence-electron chi connectivity index (χ3n) is 3.98. The van der Waals surface area contributed by atoms with Crippen LogP contribution < -0.4 is 10.6 Å². The van der Waals surface area contributed by atoms with Gasteiger partial charge in [-0.25, -0.2) is 0 Å². The van der Waals surface area contributed by atoms with E-state index in [9.17, 15) is 0 Å². The molecular formula is C14H33N3O2Si. The van der Waals surface area contributed by atoms with Crippen LogP contribution in [-0.4, -0.2) is 73.5 Å². The number of nitrogens with zero attached hydrogens (tertiary/aromatic N) is 1. The fraction of sp³-hybridized carbons (Fsp3) is 1.00. The molecule has 120 valence electrons. The number of rotatable bonds is 11. The van der Waals surface area contributed by atoms with E-state index in [4.69, 9.17) is 8.85 Å². The molecule has 20 heavy (non-hydrogen) atoms. The van der Waals surface area contributed by atoms with Crippen molar-refractivity contribution < 1.29 is 8.85 Å². The van der Waals surface area contributed by atoms with Crippen LogP contribution in [-0.2, 0) is 8.85 Å². The molecule has 0 aromatic rings. The maximum Gasteiger partial charge on any atom is 0.334 e. The molecule has 0 spiro atoms. The smallest absolute Gasteiger partial charge is 0.334 e. The van der Waals surface area contributed by atoms with Crippen LogP contribution in [0.1, 0.15) is 19.3 Å². The molecule has 0 aromatic carbocycles. The Bertz CT molecular complexity index is 240. The quantitative estimate of drug-likeness (QED) is 0.441. The highest BCUT2D eigenvalue weighted by Gasteiger charge is 2.29. The molecule has 0 aromatic heterocycles. The van der Waals surface area contributed by atoms with E-state index in [0.717, 1.165) is 45.3 Å². The highest BCUT2D eigenvalue weighted by Crippen LogP contribution is 2.16. The van der Waals surface area contributed by atoms with Crippen molar-refractivity contribution in [3.63, 3.8) is 0 Å². The number of piperazine rings is 1. The molecule has 1 aliphatic rings.